The van der Waals surface area contributed by atoms with Crippen LogP contribution in [0, 0.1) is 0 Å². The maximum absolute atomic E-state index is 5.50. The Morgan fingerprint density at radius 1 is 1.47 bits per heavy atom. The zero-order valence-electron chi connectivity index (χ0n) is 9.86. The van der Waals surface area contributed by atoms with Crippen LogP contribution in [0.2, 0.25) is 0 Å². The molecule has 0 spiro atoms. The van der Waals surface area contributed by atoms with Crippen LogP contribution >= 0.6 is 0 Å². The highest BCUT2D eigenvalue weighted by Gasteiger charge is 1.96. The predicted molar refractivity (Wildman–Crippen MR) is 60.9 cm³/mol. The molecule has 1 rings (SSSR count). The van der Waals surface area contributed by atoms with Crippen molar-refractivity contribution >= 4 is 0 Å². The molecular weight excluding hydrogens is 190 g/mol. The summed E-state index contributed by atoms with van der Waals surface area (Å²) < 4.78 is 7.31. The van der Waals surface area contributed by atoms with Gasteiger partial charge in [-0.15, -0.1) is 0 Å². The molecule has 1 aromatic rings. The zero-order valence-corrected chi connectivity index (χ0v) is 9.86. The molecule has 0 saturated carbocycles. The van der Waals surface area contributed by atoms with Crippen molar-refractivity contribution in [2.75, 3.05) is 19.8 Å². The van der Waals surface area contributed by atoms with Crippen LogP contribution in [0.25, 0.3) is 0 Å². The van der Waals surface area contributed by atoms with Crippen LogP contribution < -0.4 is 5.32 Å². The lowest BCUT2D eigenvalue weighted by Gasteiger charge is -2.07. The maximum atomic E-state index is 5.50. The first-order valence-corrected chi connectivity index (χ1v) is 5.47. The number of aromatic nitrogens is 2. The van der Waals surface area contributed by atoms with Crippen LogP contribution in [-0.2, 0) is 18.2 Å². The van der Waals surface area contributed by atoms with Gasteiger partial charge in [-0.25, -0.2) is 0 Å². The Kier molecular flexibility index (Phi) is 5.36. The molecule has 0 aliphatic carbocycles. The highest BCUT2D eigenvalue weighted by Crippen LogP contribution is 1.97. The molecule has 4 heteroatoms. The van der Waals surface area contributed by atoms with E-state index in [2.05, 4.69) is 24.3 Å². The second-order valence-electron chi connectivity index (χ2n) is 3.99. The SMILES string of the molecule is CC(C)NCCOCCc1cnn(C)c1. The van der Waals surface area contributed by atoms with E-state index < -0.39 is 0 Å². The summed E-state index contributed by atoms with van der Waals surface area (Å²) >= 11 is 0. The van der Waals surface area contributed by atoms with Gasteiger partial charge in [0.2, 0.25) is 0 Å². The van der Waals surface area contributed by atoms with E-state index in [1.165, 1.54) is 5.56 Å². The van der Waals surface area contributed by atoms with Gasteiger partial charge in [0.25, 0.3) is 0 Å². The Bertz CT molecular complexity index is 271. The predicted octanol–water partition coefficient (Wildman–Crippen LogP) is 0.977. The van der Waals surface area contributed by atoms with E-state index >= 15 is 0 Å². The number of ether oxygens (including phenoxy) is 1. The lowest BCUT2D eigenvalue weighted by molar-refractivity contribution is 0.137. The summed E-state index contributed by atoms with van der Waals surface area (Å²) in [6, 6.07) is 0.534. The molecule has 0 unspecified atom stereocenters. The van der Waals surface area contributed by atoms with Gasteiger partial charge in [0, 0.05) is 25.8 Å². The number of rotatable bonds is 7. The number of aryl methyl sites for hydroxylation is 1. The Hall–Kier alpha value is -0.870. The van der Waals surface area contributed by atoms with Crippen LogP contribution in [0.4, 0.5) is 0 Å². The Labute approximate surface area is 91.6 Å². The summed E-state index contributed by atoms with van der Waals surface area (Å²) in [5, 5.41) is 7.41. The number of nitrogens with zero attached hydrogens (tertiary/aromatic N) is 2. The molecule has 1 aromatic heterocycles. The second kappa shape index (κ2) is 6.58. The van der Waals surface area contributed by atoms with Gasteiger partial charge >= 0.3 is 0 Å². The normalized spacial score (nSPS) is 11.2. The van der Waals surface area contributed by atoms with Crippen LogP contribution in [-0.4, -0.2) is 35.6 Å². The van der Waals surface area contributed by atoms with Crippen LogP contribution in [0.15, 0.2) is 12.4 Å². The van der Waals surface area contributed by atoms with Crippen molar-refractivity contribution in [1.82, 2.24) is 15.1 Å². The molecule has 15 heavy (non-hydrogen) atoms. The quantitative estimate of drug-likeness (QED) is 0.683. The van der Waals surface area contributed by atoms with Gasteiger partial charge in [0.15, 0.2) is 0 Å². The monoisotopic (exact) mass is 211 g/mol. The summed E-state index contributed by atoms with van der Waals surface area (Å²) in [5.41, 5.74) is 1.23. The van der Waals surface area contributed by atoms with Gasteiger partial charge in [-0.05, 0) is 12.0 Å². The highest BCUT2D eigenvalue weighted by molar-refractivity contribution is 5.03. The largest absolute Gasteiger partial charge is 0.380 e. The van der Waals surface area contributed by atoms with Crippen LogP contribution in [0.3, 0.4) is 0 Å². The van der Waals surface area contributed by atoms with Gasteiger partial charge < -0.3 is 10.1 Å². The topological polar surface area (TPSA) is 39.1 Å². The van der Waals surface area contributed by atoms with E-state index in [1.54, 1.807) is 0 Å². The fourth-order valence-corrected chi connectivity index (χ4v) is 1.31. The third kappa shape index (κ3) is 5.54. The molecule has 0 radical (unpaired) electrons. The van der Waals surface area contributed by atoms with Gasteiger partial charge in [-0.2, -0.15) is 5.10 Å². The average Bonchev–Trinajstić information content (AvgIpc) is 2.57. The maximum Gasteiger partial charge on any atom is 0.0591 e. The molecule has 0 aliphatic heterocycles. The lowest BCUT2D eigenvalue weighted by atomic mass is 10.3. The van der Waals surface area contributed by atoms with Crippen molar-refractivity contribution in [3.63, 3.8) is 0 Å². The first-order chi connectivity index (χ1) is 7.18. The van der Waals surface area contributed by atoms with Gasteiger partial charge in [0.05, 0.1) is 19.4 Å². The second-order valence-corrected chi connectivity index (χ2v) is 3.99. The van der Waals surface area contributed by atoms with Crippen molar-refractivity contribution in [3.05, 3.63) is 18.0 Å². The van der Waals surface area contributed by atoms with E-state index in [9.17, 15) is 0 Å². The standard InChI is InChI=1S/C11H21N3O/c1-10(2)12-5-7-15-6-4-11-8-13-14(3)9-11/h8-10,12H,4-7H2,1-3H3. The smallest absolute Gasteiger partial charge is 0.0591 e. The fraction of sp³-hybridized carbons (Fsp3) is 0.727. The van der Waals surface area contributed by atoms with Crippen molar-refractivity contribution in [1.29, 1.82) is 0 Å². The minimum Gasteiger partial charge on any atom is -0.380 e. The summed E-state index contributed by atoms with van der Waals surface area (Å²) in [7, 11) is 1.93. The molecule has 0 saturated heterocycles. The van der Waals surface area contributed by atoms with Crippen molar-refractivity contribution in [2.24, 2.45) is 7.05 Å². The Morgan fingerprint density at radius 2 is 2.27 bits per heavy atom. The number of nitrogens with one attached hydrogen (secondary N) is 1. The average molecular weight is 211 g/mol. The van der Waals surface area contributed by atoms with Crippen LogP contribution in [0.1, 0.15) is 19.4 Å². The number of hydrogen-bond acceptors (Lipinski definition) is 3. The number of hydrogen-bond donors (Lipinski definition) is 1. The van der Waals surface area contributed by atoms with Gasteiger partial charge in [-0.1, -0.05) is 13.8 Å². The molecule has 0 bridgehead atoms. The molecule has 0 amide bonds. The van der Waals surface area contributed by atoms with E-state index in [-0.39, 0.29) is 0 Å². The Balaban J connectivity index is 1.98. The molecule has 4 nitrogen and oxygen atoms in total. The lowest BCUT2D eigenvalue weighted by Crippen LogP contribution is -2.26. The Morgan fingerprint density at radius 3 is 2.87 bits per heavy atom. The molecule has 1 N–H and O–H groups in total. The van der Waals surface area contributed by atoms with Crippen molar-refractivity contribution in [3.8, 4) is 0 Å². The van der Waals surface area contributed by atoms with E-state index in [4.69, 9.17) is 4.74 Å². The molecule has 86 valence electrons. The third-order valence-electron chi connectivity index (χ3n) is 2.09. The van der Waals surface area contributed by atoms with E-state index in [0.717, 1.165) is 26.2 Å². The minimum absolute atomic E-state index is 0.534. The first kappa shape index (κ1) is 12.2. The van der Waals surface area contributed by atoms with E-state index in [1.807, 2.05) is 24.1 Å². The fourth-order valence-electron chi connectivity index (χ4n) is 1.31. The molecule has 0 atom stereocenters. The molecule has 1 heterocycles. The van der Waals surface area contributed by atoms with Gasteiger partial charge in [-0.3, -0.25) is 4.68 Å². The molecule has 0 fully saturated rings. The highest BCUT2D eigenvalue weighted by atomic mass is 16.5. The molecule has 0 aliphatic rings. The van der Waals surface area contributed by atoms with Crippen LogP contribution in [0.5, 0.6) is 0 Å². The summed E-state index contributed by atoms with van der Waals surface area (Å²) in [6.45, 7) is 6.74. The minimum atomic E-state index is 0.534. The zero-order chi connectivity index (χ0) is 11.1. The first-order valence-electron chi connectivity index (χ1n) is 5.47. The summed E-state index contributed by atoms with van der Waals surface area (Å²) in [6.07, 6.45) is 4.85. The molecule has 0 aromatic carbocycles. The third-order valence-corrected chi connectivity index (χ3v) is 2.09. The summed E-state index contributed by atoms with van der Waals surface area (Å²) in [5.74, 6) is 0. The summed E-state index contributed by atoms with van der Waals surface area (Å²) in [4.78, 5) is 0. The molecular formula is C11H21N3O. The van der Waals surface area contributed by atoms with Crippen molar-refractivity contribution in [2.45, 2.75) is 26.3 Å². The van der Waals surface area contributed by atoms with E-state index in [0.29, 0.717) is 6.04 Å². The van der Waals surface area contributed by atoms with Gasteiger partial charge in [0.1, 0.15) is 0 Å². The van der Waals surface area contributed by atoms with Crippen molar-refractivity contribution < 1.29 is 4.74 Å².